The number of rotatable bonds is 43. The van der Waals surface area contributed by atoms with E-state index >= 15 is 0 Å². The van der Waals surface area contributed by atoms with Gasteiger partial charge in [0, 0.05) is 94.2 Å². The van der Waals surface area contributed by atoms with E-state index in [9.17, 15) is 47.9 Å². The number of aliphatic carboxylic acids is 2. The average molecular weight is 1540 g/mol. The van der Waals surface area contributed by atoms with Gasteiger partial charge in [-0.15, -0.1) is 11.8 Å². The molecule has 0 bridgehead atoms. The number of urea groups is 2. The standard InChI is InChI=1S/C18H38N2O.2C15H22N2O3.C11H21NO4.C11H21NO3S.C11H23NO2/c1-16(2)15-20(17(3)4)18(21)13-11-9-7-5-6-8-10-12-14-19;1-10(2)9-17(11(3)4)15(20)16-13-7-5-6-12(8-13)14(18)19;1-10(2)9-17(11(3)4)15(20)16-13-8-6-5-7-12(13)14(18)19;2*1-8(2)5-12(9(3)4)10(13)6-16-7-11(14)15;1-6-14-8-11(13)12(10(4)5)7-9(2)3/h16-17H,5-15,19H2,1-4H3;2*5-8,10-11H,9H2,1-4H3,(H,16,20)(H,18,19);2*8-9H,5-7H2,1-4H3,(H,14,15);9-10H,6-8H2,1-5H3. The fraction of sp³-hybridized carbons (Fsp3) is 0.728. The van der Waals surface area contributed by atoms with Gasteiger partial charge in [0.25, 0.3) is 0 Å². The van der Waals surface area contributed by atoms with Gasteiger partial charge in [-0.1, -0.05) is 140 Å². The molecule has 107 heavy (non-hydrogen) atoms. The van der Waals surface area contributed by atoms with Crippen molar-refractivity contribution < 1.29 is 77.8 Å². The van der Waals surface area contributed by atoms with Crippen molar-refractivity contribution in [2.45, 2.75) is 267 Å². The van der Waals surface area contributed by atoms with Crippen molar-refractivity contribution in [2.24, 2.45) is 41.2 Å². The molecule has 0 aliphatic carbocycles. The molecular formula is C81H147N9O16S. The maximum absolute atomic E-state index is 12.3. The third-order valence-electron chi connectivity index (χ3n) is 15.4. The highest BCUT2D eigenvalue weighted by Crippen LogP contribution is 2.19. The maximum Gasteiger partial charge on any atom is 0.337 e. The van der Waals surface area contributed by atoms with Gasteiger partial charge in [-0.25, -0.2) is 24.0 Å². The molecule has 0 aliphatic heterocycles. The predicted molar refractivity (Wildman–Crippen MR) is 435 cm³/mol. The number of carbonyl (C=O) groups is 10. The molecule has 0 fully saturated rings. The van der Waals surface area contributed by atoms with Gasteiger partial charge in [-0.2, -0.15) is 0 Å². The lowest BCUT2D eigenvalue weighted by molar-refractivity contribution is -0.147. The van der Waals surface area contributed by atoms with Gasteiger partial charge in [0.2, 0.25) is 23.6 Å². The maximum atomic E-state index is 12.3. The van der Waals surface area contributed by atoms with Crippen LogP contribution in [0.3, 0.4) is 0 Å². The van der Waals surface area contributed by atoms with Gasteiger partial charge in [0.1, 0.15) is 19.8 Å². The molecule has 0 saturated heterocycles. The number of aromatic carboxylic acids is 2. The first kappa shape index (κ1) is 106. The highest BCUT2D eigenvalue weighted by atomic mass is 32.2. The molecule has 8 N–H and O–H groups in total. The van der Waals surface area contributed by atoms with Crippen LogP contribution in [0.2, 0.25) is 0 Å². The number of ether oxygens (including phenoxy) is 2. The zero-order valence-electron chi connectivity index (χ0n) is 70.5. The van der Waals surface area contributed by atoms with Crippen molar-refractivity contribution in [1.29, 1.82) is 0 Å². The summed E-state index contributed by atoms with van der Waals surface area (Å²) in [7, 11) is 0. The average Bonchev–Trinajstić information content (AvgIpc) is 0.855. The second-order valence-corrected chi connectivity index (χ2v) is 31.8. The molecule has 2 aromatic rings. The van der Waals surface area contributed by atoms with Crippen LogP contribution in [0.5, 0.6) is 0 Å². The van der Waals surface area contributed by atoms with Gasteiger partial charge in [-0.05, 0) is 175 Å². The first-order valence-corrected chi connectivity index (χ1v) is 39.8. The summed E-state index contributed by atoms with van der Waals surface area (Å²) in [5.41, 5.74) is 6.53. The van der Waals surface area contributed by atoms with Crippen LogP contribution in [-0.4, -0.2) is 229 Å². The van der Waals surface area contributed by atoms with Gasteiger partial charge in [0.05, 0.1) is 28.3 Å². The summed E-state index contributed by atoms with van der Waals surface area (Å²) in [4.78, 5) is 125. The van der Waals surface area contributed by atoms with Crippen LogP contribution in [0.4, 0.5) is 21.0 Å². The molecule has 26 heteroatoms. The number of carboxylic acid groups (broad SMARTS) is 4. The number of carbonyl (C=O) groups excluding carboxylic acids is 6. The number of hydrogen-bond donors (Lipinski definition) is 7. The molecule has 0 aromatic heterocycles. The third-order valence-corrected chi connectivity index (χ3v) is 16.3. The summed E-state index contributed by atoms with van der Waals surface area (Å²) in [5.74, 6) is -0.912. The number of nitrogens with zero attached hydrogens (tertiary/aromatic N) is 6. The number of amides is 8. The molecule has 2 aromatic carbocycles. The number of benzene rings is 2. The number of hydrogen-bond acceptors (Lipinski definition) is 14. The summed E-state index contributed by atoms with van der Waals surface area (Å²) >= 11 is 1.15. The number of nitrogens with two attached hydrogens (primary N) is 1. The molecule has 8 amide bonds. The molecule has 0 spiro atoms. The molecule has 0 aliphatic rings. The Bertz CT molecular complexity index is 2750. The van der Waals surface area contributed by atoms with Crippen molar-refractivity contribution in [3.05, 3.63) is 59.7 Å². The van der Waals surface area contributed by atoms with Crippen molar-refractivity contribution in [1.82, 2.24) is 29.4 Å². The van der Waals surface area contributed by atoms with E-state index in [1.165, 1.54) is 56.7 Å². The number of para-hydroxylation sites is 1. The molecular weight excluding hydrogens is 1390 g/mol. The van der Waals surface area contributed by atoms with E-state index in [2.05, 4.69) is 66.0 Å². The van der Waals surface area contributed by atoms with Gasteiger partial charge < -0.3 is 75.7 Å². The van der Waals surface area contributed by atoms with E-state index < -0.39 is 30.5 Å². The first-order chi connectivity index (χ1) is 49.8. The lowest BCUT2D eigenvalue weighted by atomic mass is 10.1. The fourth-order valence-corrected chi connectivity index (χ4v) is 10.8. The Morgan fingerprint density at radius 1 is 0.393 bits per heavy atom. The number of unbranched alkanes of at least 4 members (excludes halogenated alkanes) is 7. The van der Waals surface area contributed by atoms with E-state index in [-0.39, 0.29) is 95.8 Å². The second kappa shape index (κ2) is 61.8. The van der Waals surface area contributed by atoms with E-state index in [1.54, 1.807) is 49.9 Å². The van der Waals surface area contributed by atoms with Gasteiger partial charge >= 0.3 is 35.9 Å². The Morgan fingerprint density at radius 2 is 0.757 bits per heavy atom. The molecule has 618 valence electrons. The van der Waals surface area contributed by atoms with E-state index in [0.717, 1.165) is 57.2 Å². The highest BCUT2D eigenvalue weighted by Gasteiger charge is 2.24. The minimum atomic E-state index is -1.06. The summed E-state index contributed by atoms with van der Waals surface area (Å²) in [6.45, 7) is 56.1. The number of carboxylic acids is 4. The van der Waals surface area contributed by atoms with Crippen LogP contribution in [0.1, 0.15) is 252 Å². The van der Waals surface area contributed by atoms with Crippen LogP contribution in [0.25, 0.3) is 0 Å². The van der Waals surface area contributed by atoms with Crippen LogP contribution in [-0.2, 0) is 38.2 Å². The Kier molecular flexibility index (Phi) is 61.4. The van der Waals surface area contributed by atoms with Crippen molar-refractivity contribution in [3.63, 3.8) is 0 Å². The van der Waals surface area contributed by atoms with E-state index in [0.29, 0.717) is 85.1 Å². The Balaban J connectivity index is -0.000000598. The monoisotopic (exact) mass is 1530 g/mol. The fourth-order valence-electron chi connectivity index (χ4n) is 10.2. The summed E-state index contributed by atoms with van der Waals surface area (Å²) in [6, 6.07) is 13.1. The van der Waals surface area contributed by atoms with Crippen LogP contribution < -0.4 is 16.4 Å². The lowest BCUT2D eigenvalue weighted by Gasteiger charge is -2.28. The Morgan fingerprint density at radius 3 is 1.12 bits per heavy atom. The highest BCUT2D eigenvalue weighted by molar-refractivity contribution is 8.00. The van der Waals surface area contributed by atoms with Crippen molar-refractivity contribution in [2.75, 3.05) is 94.4 Å². The summed E-state index contributed by atoms with van der Waals surface area (Å²) in [5, 5.41) is 40.3. The van der Waals surface area contributed by atoms with Gasteiger partial charge in [-0.3, -0.25) is 24.0 Å². The third kappa shape index (κ3) is 56.0. The summed E-state index contributed by atoms with van der Waals surface area (Å²) < 4.78 is 9.90. The van der Waals surface area contributed by atoms with Crippen molar-refractivity contribution in [3.8, 4) is 0 Å². The van der Waals surface area contributed by atoms with Crippen LogP contribution in [0, 0.1) is 35.5 Å². The smallest absolute Gasteiger partial charge is 0.337 e. The molecule has 0 atom stereocenters. The topological polar surface area (TPSA) is 340 Å². The minimum Gasteiger partial charge on any atom is -0.481 e. The zero-order chi connectivity index (χ0) is 83.2. The minimum absolute atomic E-state index is 0.0145. The largest absolute Gasteiger partial charge is 0.481 e. The molecule has 0 heterocycles. The van der Waals surface area contributed by atoms with Crippen LogP contribution >= 0.6 is 11.8 Å². The lowest BCUT2D eigenvalue weighted by Crippen LogP contribution is -2.42. The van der Waals surface area contributed by atoms with Gasteiger partial charge in [0.15, 0.2) is 0 Å². The normalized spacial score (nSPS) is 10.9. The molecule has 25 nitrogen and oxygen atoms in total. The Labute approximate surface area is 649 Å². The number of thioether (sulfide) groups is 1. The van der Waals surface area contributed by atoms with E-state index in [1.807, 2.05) is 128 Å². The predicted octanol–water partition coefficient (Wildman–Crippen LogP) is 15.5. The zero-order valence-corrected chi connectivity index (χ0v) is 71.3. The molecule has 0 unspecified atom stereocenters. The molecule has 0 saturated carbocycles. The van der Waals surface area contributed by atoms with E-state index in [4.69, 9.17) is 35.6 Å². The SMILES string of the molecule is CC(C)CN(C(=O)CCCCCCCCCCN)C(C)C.CC(C)CN(C(=O)COCC(=O)O)C(C)C.CC(C)CN(C(=O)CSCC(=O)O)C(C)C.CC(C)CN(C(=O)Nc1cccc(C(=O)O)c1)C(C)C.CC(C)CN(C(=O)Nc1ccccc1C(=O)O)C(C)C.CCOCC(=O)N(CC(C)C)C(C)C. The number of nitrogens with one attached hydrogen (secondary N) is 2. The molecule has 2 rings (SSSR count). The first-order valence-electron chi connectivity index (χ1n) is 38.6. The second-order valence-electron chi connectivity index (χ2n) is 30.8. The molecule has 0 radical (unpaired) electrons. The van der Waals surface area contributed by atoms with Crippen LogP contribution in [0.15, 0.2) is 48.5 Å². The number of anilines is 2. The Hall–Kier alpha value is -7.03. The van der Waals surface area contributed by atoms with Crippen molar-refractivity contribution >= 4 is 82.7 Å². The quantitative estimate of drug-likeness (QED) is 0.0303. The summed E-state index contributed by atoms with van der Waals surface area (Å²) in [6.07, 6.45) is 10.6.